The predicted octanol–water partition coefficient (Wildman–Crippen LogP) is 3.18. The van der Waals surface area contributed by atoms with Crippen molar-refractivity contribution in [3.63, 3.8) is 0 Å². The molecular weight excluding hydrogens is 264 g/mol. The van der Waals surface area contributed by atoms with E-state index in [0.717, 1.165) is 24.0 Å². The molecule has 1 aliphatic rings. The Balaban J connectivity index is 1.81. The van der Waals surface area contributed by atoms with E-state index >= 15 is 0 Å². The topological polar surface area (TPSA) is 55.2 Å². The molecule has 1 N–H and O–H groups in total. The lowest BCUT2D eigenvalue weighted by Gasteiger charge is -2.07. The fraction of sp³-hybridized carbons (Fsp3) is 0.286. The summed E-state index contributed by atoms with van der Waals surface area (Å²) in [5, 5.41) is 10.00. The number of benzene rings is 1. The highest BCUT2D eigenvalue weighted by molar-refractivity contribution is 6.31. The van der Waals surface area contributed by atoms with Gasteiger partial charge in [0.15, 0.2) is 0 Å². The third-order valence-electron chi connectivity index (χ3n) is 3.00. The molecule has 19 heavy (non-hydrogen) atoms. The first-order chi connectivity index (χ1) is 9.22. The van der Waals surface area contributed by atoms with Crippen LogP contribution in [-0.2, 0) is 11.3 Å². The highest BCUT2D eigenvalue weighted by Crippen LogP contribution is 2.29. The Morgan fingerprint density at radius 2 is 2.11 bits per heavy atom. The molecule has 0 amide bonds. The first kappa shape index (κ1) is 12.4. The maximum Gasteiger partial charge on any atom is 0.214 e. The molecule has 1 aromatic heterocycles. The number of aromatic hydroxyl groups is 1. The van der Waals surface area contributed by atoms with Crippen molar-refractivity contribution < 1.29 is 9.84 Å². The molecule has 3 rings (SSSR count). The van der Waals surface area contributed by atoms with Gasteiger partial charge in [-0.3, -0.25) is 0 Å². The van der Waals surface area contributed by atoms with E-state index in [0.29, 0.717) is 23.4 Å². The minimum atomic E-state index is -0.0535. The van der Waals surface area contributed by atoms with Crippen molar-refractivity contribution in [3.05, 3.63) is 41.2 Å². The smallest absolute Gasteiger partial charge is 0.214 e. The van der Waals surface area contributed by atoms with Crippen LogP contribution in [-0.4, -0.2) is 21.2 Å². The molecule has 5 heteroatoms. The first-order valence-corrected chi connectivity index (χ1v) is 6.51. The second kappa shape index (κ2) is 5.15. The van der Waals surface area contributed by atoms with Crippen molar-refractivity contribution in [1.82, 2.24) is 9.97 Å². The molecule has 1 heterocycles. The van der Waals surface area contributed by atoms with Gasteiger partial charge < -0.3 is 9.84 Å². The van der Waals surface area contributed by atoms with Crippen LogP contribution in [0.4, 0.5) is 0 Å². The van der Waals surface area contributed by atoms with Crippen LogP contribution in [0.2, 0.25) is 5.02 Å². The number of ether oxygens (including phenoxy) is 1. The molecule has 1 aromatic carbocycles. The van der Waals surface area contributed by atoms with E-state index in [4.69, 9.17) is 16.3 Å². The van der Waals surface area contributed by atoms with E-state index in [2.05, 4.69) is 9.97 Å². The molecule has 4 nitrogen and oxygen atoms in total. The molecule has 0 atom stereocenters. The van der Waals surface area contributed by atoms with Crippen LogP contribution in [0.3, 0.4) is 0 Å². The van der Waals surface area contributed by atoms with E-state index in [1.165, 1.54) is 12.4 Å². The van der Waals surface area contributed by atoms with Gasteiger partial charge in [-0.15, -0.1) is 0 Å². The van der Waals surface area contributed by atoms with Crippen LogP contribution in [0.15, 0.2) is 30.6 Å². The number of rotatable bonds is 4. The summed E-state index contributed by atoms with van der Waals surface area (Å²) >= 11 is 6.24. The summed E-state index contributed by atoms with van der Waals surface area (Å²) in [5.41, 5.74) is 2.46. The second-order valence-corrected chi connectivity index (χ2v) is 4.99. The van der Waals surface area contributed by atoms with Crippen LogP contribution >= 0.6 is 11.6 Å². The minimum absolute atomic E-state index is 0.0535. The third kappa shape index (κ3) is 3.03. The molecule has 0 bridgehead atoms. The summed E-state index contributed by atoms with van der Waals surface area (Å²) in [6.07, 6.45) is 4.03. The molecule has 0 aliphatic heterocycles. The quantitative estimate of drug-likeness (QED) is 0.932. The highest BCUT2D eigenvalue weighted by atomic mass is 35.5. The monoisotopic (exact) mass is 276 g/mol. The van der Waals surface area contributed by atoms with E-state index in [-0.39, 0.29) is 5.88 Å². The molecule has 98 valence electrons. The summed E-state index contributed by atoms with van der Waals surface area (Å²) in [5.74, 6) is -0.0535. The third-order valence-corrected chi connectivity index (χ3v) is 3.35. The van der Waals surface area contributed by atoms with Crippen molar-refractivity contribution >= 4 is 11.6 Å². The van der Waals surface area contributed by atoms with Gasteiger partial charge in [0, 0.05) is 16.7 Å². The Kier molecular flexibility index (Phi) is 3.36. The fourth-order valence-corrected chi connectivity index (χ4v) is 2.01. The summed E-state index contributed by atoms with van der Waals surface area (Å²) < 4.78 is 5.63. The first-order valence-electron chi connectivity index (χ1n) is 6.14. The fourth-order valence-electron chi connectivity index (χ4n) is 1.77. The summed E-state index contributed by atoms with van der Waals surface area (Å²) in [6, 6.07) is 7.18. The second-order valence-electron chi connectivity index (χ2n) is 4.58. The van der Waals surface area contributed by atoms with Gasteiger partial charge in [-0.2, -0.15) is 0 Å². The van der Waals surface area contributed by atoms with Crippen molar-refractivity contribution in [2.45, 2.75) is 25.6 Å². The lowest BCUT2D eigenvalue weighted by molar-refractivity contribution is 0.106. The molecular formula is C14H13ClN2O2. The molecule has 0 radical (unpaired) electrons. The van der Waals surface area contributed by atoms with Crippen molar-refractivity contribution in [2.75, 3.05) is 0 Å². The average molecular weight is 277 g/mol. The molecule has 0 spiro atoms. The van der Waals surface area contributed by atoms with Gasteiger partial charge in [0.2, 0.25) is 5.88 Å². The van der Waals surface area contributed by atoms with E-state index in [1.807, 2.05) is 18.2 Å². The van der Waals surface area contributed by atoms with Gasteiger partial charge in [-0.05, 0) is 24.5 Å². The molecule has 1 aliphatic carbocycles. The zero-order valence-corrected chi connectivity index (χ0v) is 11.0. The number of halogens is 1. The maximum atomic E-state index is 9.35. The Morgan fingerprint density at radius 1 is 1.26 bits per heavy atom. The van der Waals surface area contributed by atoms with Crippen LogP contribution < -0.4 is 0 Å². The van der Waals surface area contributed by atoms with Gasteiger partial charge in [-0.25, -0.2) is 9.97 Å². The Bertz CT molecular complexity index is 600. The number of hydrogen-bond acceptors (Lipinski definition) is 4. The van der Waals surface area contributed by atoms with Gasteiger partial charge in [0.25, 0.3) is 0 Å². The predicted molar refractivity (Wildman–Crippen MR) is 72.0 cm³/mol. The largest absolute Gasteiger partial charge is 0.493 e. The molecule has 0 unspecified atom stereocenters. The van der Waals surface area contributed by atoms with Crippen molar-refractivity contribution in [2.24, 2.45) is 0 Å². The van der Waals surface area contributed by atoms with Gasteiger partial charge in [0.1, 0.15) is 6.33 Å². The summed E-state index contributed by atoms with van der Waals surface area (Å²) in [6.45, 7) is 0.540. The van der Waals surface area contributed by atoms with Crippen LogP contribution in [0, 0.1) is 0 Å². The Labute approximate surface area is 116 Å². The van der Waals surface area contributed by atoms with Crippen molar-refractivity contribution in [3.8, 4) is 17.1 Å². The standard InChI is InChI=1S/C14H13ClN2O2/c15-12-5-9(13-6-14(18)17-8-16-13)1-2-10(12)7-19-11-3-4-11/h1-2,5-6,8,11H,3-4,7H2,(H,16,17,18). The number of aromatic nitrogens is 2. The molecule has 2 aromatic rings. The maximum absolute atomic E-state index is 9.35. The van der Waals surface area contributed by atoms with Crippen LogP contribution in [0.5, 0.6) is 5.88 Å². The Morgan fingerprint density at radius 3 is 2.79 bits per heavy atom. The van der Waals surface area contributed by atoms with Crippen LogP contribution in [0.1, 0.15) is 18.4 Å². The molecule has 1 fully saturated rings. The van der Waals surface area contributed by atoms with Gasteiger partial charge >= 0.3 is 0 Å². The summed E-state index contributed by atoms with van der Waals surface area (Å²) in [4.78, 5) is 7.76. The number of nitrogens with zero attached hydrogens (tertiary/aromatic N) is 2. The minimum Gasteiger partial charge on any atom is -0.493 e. The lowest BCUT2D eigenvalue weighted by atomic mass is 10.1. The SMILES string of the molecule is Oc1cc(-c2ccc(COC3CC3)c(Cl)c2)ncn1. The zero-order chi connectivity index (χ0) is 13.2. The van der Waals surface area contributed by atoms with E-state index < -0.39 is 0 Å². The lowest BCUT2D eigenvalue weighted by Crippen LogP contribution is -1.96. The molecule has 0 saturated heterocycles. The van der Waals surface area contributed by atoms with Gasteiger partial charge in [-0.1, -0.05) is 23.7 Å². The van der Waals surface area contributed by atoms with Crippen LogP contribution in [0.25, 0.3) is 11.3 Å². The Hall–Kier alpha value is -1.65. The normalized spacial score (nSPS) is 14.6. The van der Waals surface area contributed by atoms with E-state index in [1.54, 1.807) is 0 Å². The zero-order valence-electron chi connectivity index (χ0n) is 10.2. The average Bonchev–Trinajstić information content (AvgIpc) is 3.21. The van der Waals surface area contributed by atoms with Crippen molar-refractivity contribution in [1.29, 1.82) is 0 Å². The van der Waals surface area contributed by atoms with Gasteiger partial charge in [0.05, 0.1) is 18.4 Å². The number of hydrogen-bond donors (Lipinski definition) is 1. The van der Waals surface area contributed by atoms with E-state index in [9.17, 15) is 5.11 Å². The molecule has 1 saturated carbocycles. The highest BCUT2D eigenvalue weighted by Gasteiger charge is 2.22. The summed E-state index contributed by atoms with van der Waals surface area (Å²) in [7, 11) is 0.